The SMILES string of the molecule is COc1cc2cc(CN(Cc3cccs3)Cc3nnnn3Cc3ccccc3)c(=O)[nH]c2cc1OC. The lowest BCUT2D eigenvalue weighted by Crippen LogP contribution is -2.27. The van der Waals surface area contributed by atoms with Crippen LogP contribution >= 0.6 is 11.3 Å². The lowest BCUT2D eigenvalue weighted by atomic mass is 10.1. The summed E-state index contributed by atoms with van der Waals surface area (Å²) in [6.45, 7) is 2.16. The molecule has 5 rings (SSSR count). The van der Waals surface area contributed by atoms with Crippen LogP contribution in [0.4, 0.5) is 0 Å². The standard InChI is InChI=1S/C26H26N6O3S/c1-34-23-12-19-11-20(26(33)27-22(19)13-24(23)35-2)15-31(16-21-9-6-10-36-21)17-25-28-29-30-32(25)14-18-7-4-3-5-8-18/h3-13H,14-17H2,1-2H3,(H,27,33). The van der Waals surface area contributed by atoms with E-state index >= 15 is 0 Å². The smallest absolute Gasteiger partial charge is 0.252 e. The number of rotatable bonds is 10. The van der Waals surface area contributed by atoms with Gasteiger partial charge in [0.05, 0.1) is 32.8 Å². The summed E-state index contributed by atoms with van der Waals surface area (Å²) in [4.78, 5) is 19.4. The third-order valence-electron chi connectivity index (χ3n) is 5.93. The molecule has 0 spiro atoms. The van der Waals surface area contributed by atoms with Crippen LogP contribution in [0.1, 0.15) is 21.8 Å². The monoisotopic (exact) mass is 502 g/mol. The van der Waals surface area contributed by atoms with E-state index in [2.05, 4.69) is 36.9 Å². The maximum Gasteiger partial charge on any atom is 0.252 e. The maximum atomic E-state index is 13.0. The maximum absolute atomic E-state index is 13.0. The molecule has 1 N–H and O–H groups in total. The molecule has 5 aromatic rings. The second-order valence-corrected chi connectivity index (χ2v) is 9.41. The minimum atomic E-state index is -0.144. The number of nitrogens with zero attached hydrogens (tertiary/aromatic N) is 5. The average Bonchev–Trinajstić information content (AvgIpc) is 3.56. The highest BCUT2D eigenvalue weighted by Crippen LogP contribution is 2.31. The molecule has 10 heteroatoms. The zero-order valence-electron chi connectivity index (χ0n) is 20.0. The fourth-order valence-corrected chi connectivity index (χ4v) is 4.89. The van der Waals surface area contributed by atoms with E-state index in [1.165, 1.54) is 4.88 Å². The van der Waals surface area contributed by atoms with Crippen LogP contribution in [0.3, 0.4) is 0 Å². The highest BCUT2D eigenvalue weighted by Gasteiger charge is 2.17. The third-order valence-corrected chi connectivity index (χ3v) is 6.79. The Kier molecular flexibility index (Phi) is 7.06. The van der Waals surface area contributed by atoms with E-state index in [-0.39, 0.29) is 5.56 Å². The number of H-pyrrole nitrogens is 1. The minimum absolute atomic E-state index is 0.144. The highest BCUT2D eigenvalue weighted by molar-refractivity contribution is 7.09. The van der Waals surface area contributed by atoms with Gasteiger partial charge in [-0.05, 0) is 39.6 Å². The van der Waals surface area contributed by atoms with Crippen molar-refractivity contribution in [2.45, 2.75) is 26.2 Å². The molecule has 0 fully saturated rings. The zero-order valence-corrected chi connectivity index (χ0v) is 20.9. The van der Waals surface area contributed by atoms with Gasteiger partial charge >= 0.3 is 0 Å². The number of hydrogen-bond acceptors (Lipinski definition) is 8. The number of methoxy groups -OCH3 is 2. The number of fused-ring (bicyclic) bond motifs is 1. The van der Waals surface area contributed by atoms with Gasteiger partial charge in [0.25, 0.3) is 5.56 Å². The Labute approximate surface area is 211 Å². The summed E-state index contributed by atoms with van der Waals surface area (Å²) < 4.78 is 12.6. The molecule has 36 heavy (non-hydrogen) atoms. The topological polar surface area (TPSA) is 98.2 Å². The minimum Gasteiger partial charge on any atom is -0.493 e. The number of benzene rings is 2. The fourth-order valence-electron chi connectivity index (χ4n) is 4.14. The Balaban J connectivity index is 1.44. The Morgan fingerprint density at radius 3 is 2.53 bits per heavy atom. The molecular weight excluding hydrogens is 476 g/mol. The van der Waals surface area contributed by atoms with Crippen molar-refractivity contribution in [3.8, 4) is 11.5 Å². The van der Waals surface area contributed by atoms with Crippen LogP contribution in [0.5, 0.6) is 11.5 Å². The number of pyridine rings is 1. The van der Waals surface area contributed by atoms with E-state index in [0.717, 1.165) is 16.8 Å². The third kappa shape index (κ3) is 5.29. The van der Waals surface area contributed by atoms with Gasteiger partial charge in [0.15, 0.2) is 17.3 Å². The number of ether oxygens (including phenoxy) is 2. The van der Waals surface area contributed by atoms with Crippen LogP contribution in [0.15, 0.2) is 70.8 Å². The first kappa shape index (κ1) is 23.7. The molecule has 0 unspecified atom stereocenters. The summed E-state index contributed by atoms with van der Waals surface area (Å²) in [5, 5.41) is 15.3. The van der Waals surface area contributed by atoms with Crippen molar-refractivity contribution in [1.82, 2.24) is 30.1 Å². The van der Waals surface area contributed by atoms with Crippen molar-refractivity contribution >= 4 is 22.2 Å². The average molecular weight is 503 g/mol. The van der Waals surface area contributed by atoms with Gasteiger partial charge in [0.1, 0.15) is 0 Å². The molecule has 9 nitrogen and oxygen atoms in total. The molecule has 2 aromatic carbocycles. The fraction of sp³-hybridized carbons (Fsp3) is 0.231. The second kappa shape index (κ2) is 10.7. The van der Waals surface area contributed by atoms with E-state index in [1.54, 1.807) is 36.3 Å². The number of aromatic amines is 1. The molecule has 0 radical (unpaired) electrons. The summed E-state index contributed by atoms with van der Waals surface area (Å²) in [6, 6.07) is 19.8. The van der Waals surface area contributed by atoms with Crippen molar-refractivity contribution < 1.29 is 9.47 Å². The van der Waals surface area contributed by atoms with Crippen molar-refractivity contribution in [2.75, 3.05) is 14.2 Å². The molecule has 0 aliphatic heterocycles. The van der Waals surface area contributed by atoms with E-state index in [4.69, 9.17) is 9.47 Å². The van der Waals surface area contributed by atoms with Crippen LogP contribution in [0, 0.1) is 0 Å². The van der Waals surface area contributed by atoms with Gasteiger partial charge in [0, 0.05) is 35.0 Å². The zero-order chi connectivity index (χ0) is 24.9. The first-order chi connectivity index (χ1) is 17.6. The van der Waals surface area contributed by atoms with Crippen LogP contribution in [-0.2, 0) is 26.2 Å². The number of tetrazole rings is 1. The van der Waals surface area contributed by atoms with Crippen molar-refractivity contribution in [3.63, 3.8) is 0 Å². The van der Waals surface area contributed by atoms with Gasteiger partial charge in [-0.1, -0.05) is 36.4 Å². The van der Waals surface area contributed by atoms with Crippen LogP contribution in [0.25, 0.3) is 10.9 Å². The number of thiophene rings is 1. The summed E-state index contributed by atoms with van der Waals surface area (Å²) in [6.07, 6.45) is 0. The second-order valence-electron chi connectivity index (χ2n) is 8.38. The van der Waals surface area contributed by atoms with Crippen LogP contribution in [0.2, 0.25) is 0 Å². The lowest BCUT2D eigenvalue weighted by molar-refractivity contribution is 0.238. The molecule has 0 aliphatic rings. The molecule has 0 bridgehead atoms. The van der Waals surface area contributed by atoms with E-state index in [0.29, 0.717) is 48.8 Å². The van der Waals surface area contributed by atoms with E-state index < -0.39 is 0 Å². The molecular formula is C26H26N6O3S. The predicted octanol–water partition coefficient (Wildman–Crippen LogP) is 3.84. The van der Waals surface area contributed by atoms with Gasteiger partial charge in [-0.15, -0.1) is 16.4 Å². The Morgan fingerprint density at radius 2 is 1.78 bits per heavy atom. The normalized spacial score (nSPS) is 11.3. The van der Waals surface area contributed by atoms with Crippen molar-refractivity contribution in [2.24, 2.45) is 0 Å². The van der Waals surface area contributed by atoms with Gasteiger partial charge < -0.3 is 14.5 Å². The van der Waals surface area contributed by atoms with E-state index in [1.807, 2.05) is 48.5 Å². The molecule has 0 amide bonds. The van der Waals surface area contributed by atoms with Gasteiger partial charge in [0.2, 0.25) is 0 Å². The predicted molar refractivity (Wildman–Crippen MR) is 138 cm³/mol. The molecule has 184 valence electrons. The number of aromatic nitrogens is 5. The number of nitrogens with one attached hydrogen (secondary N) is 1. The Bertz CT molecular complexity index is 1500. The highest BCUT2D eigenvalue weighted by atomic mass is 32.1. The van der Waals surface area contributed by atoms with Crippen LogP contribution < -0.4 is 15.0 Å². The summed E-state index contributed by atoms with van der Waals surface area (Å²) >= 11 is 1.68. The largest absolute Gasteiger partial charge is 0.493 e. The van der Waals surface area contributed by atoms with Crippen molar-refractivity contribution in [1.29, 1.82) is 0 Å². The first-order valence-electron chi connectivity index (χ1n) is 11.4. The quantitative estimate of drug-likeness (QED) is 0.310. The number of hydrogen-bond donors (Lipinski definition) is 1. The van der Waals surface area contributed by atoms with Gasteiger partial charge in [-0.25, -0.2) is 4.68 Å². The molecule has 3 heterocycles. The van der Waals surface area contributed by atoms with Gasteiger partial charge in [-0.3, -0.25) is 9.69 Å². The lowest BCUT2D eigenvalue weighted by Gasteiger charge is -2.21. The molecule has 0 aliphatic carbocycles. The molecule has 0 atom stereocenters. The van der Waals surface area contributed by atoms with Crippen molar-refractivity contribution in [3.05, 3.63) is 98.2 Å². The first-order valence-corrected chi connectivity index (χ1v) is 12.3. The van der Waals surface area contributed by atoms with Crippen LogP contribution in [-0.4, -0.2) is 44.3 Å². The van der Waals surface area contributed by atoms with Gasteiger partial charge in [-0.2, -0.15) is 0 Å². The molecule has 3 aromatic heterocycles. The Hall–Kier alpha value is -4.02. The molecule has 0 saturated heterocycles. The summed E-state index contributed by atoms with van der Waals surface area (Å²) in [7, 11) is 3.17. The van der Waals surface area contributed by atoms with E-state index in [9.17, 15) is 4.79 Å². The molecule has 0 saturated carbocycles. The Morgan fingerprint density at radius 1 is 0.972 bits per heavy atom. The summed E-state index contributed by atoms with van der Waals surface area (Å²) in [5.74, 6) is 1.91. The summed E-state index contributed by atoms with van der Waals surface area (Å²) in [5.41, 5.74) is 2.31.